The number of anilines is 2. The summed E-state index contributed by atoms with van der Waals surface area (Å²) in [5.74, 6) is 0.974. The Morgan fingerprint density at radius 2 is 1.64 bits per heavy atom. The van der Waals surface area contributed by atoms with Crippen LogP contribution in [-0.4, -0.2) is 112 Å². The van der Waals surface area contributed by atoms with Crippen LogP contribution >= 0.6 is 0 Å². The van der Waals surface area contributed by atoms with E-state index in [1.807, 2.05) is 18.3 Å². The summed E-state index contributed by atoms with van der Waals surface area (Å²) in [5.41, 5.74) is 4.07. The number of amides is 3. The minimum absolute atomic E-state index is 0.0327. The first-order valence-corrected chi connectivity index (χ1v) is 21.6. The number of pyridine rings is 1. The molecule has 10 rings (SSSR count). The van der Waals surface area contributed by atoms with E-state index in [1.54, 1.807) is 12.1 Å². The first-order chi connectivity index (χ1) is 28.7. The number of imide groups is 1. The molecule has 1 atom stereocenters. The van der Waals surface area contributed by atoms with Gasteiger partial charge in [0, 0.05) is 80.5 Å². The highest BCUT2D eigenvalue weighted by molar-refractivity contribution is 6.05. The van der Waals surface area contributed by atoms with Crippen molar-refractivity contribution in [3.63, 3.8) is 0 Å². The molecule has 5 fully saturated rings. The average molecular weight is 805 g/mol. The number of hydrogen-bond acceptors (Lipinski definition) is 10. The van der Waals surface area contributed by atoms with Gasteiger partial charge in [0.1, 0.15) is 28.9 Å². The molecule has 2 saturated carbocycles. The number of fused-ring (bicyclic) bond motifs is 2. The molecule has 0 bridgehead atoms. The second-order valence-electron chi connectivity index (χ2n) is 17.8. The van der Waals surface area contributed by atoms with Crippen molar-refractivity contribution in [2.45, 2.75) is 102 Å². The van der Waals surface area contributed by atoms with Crippen molar-refractivity contribution in [3.05, 3.63) is 65.6 Å². The molecule has 14 heteroatoms. The maximum absolute atomic E-state index is 15.9. The molecule has 3 amide bonds. The number of aromatic nitrogens is 3. The summed E-state index contributed by atoms with van der Waals surface area (Å²) in [7, 11) is 0. The van der Waals surface area contributed by atoms with Crippen molar-refractivity contribution in [1.82, 2.24) is 30.3 Å². The zero-order valence-corrected chi connectivity index (χ0v) is 33.8. The summed E-state index contributed by atoms with van der Waals surface area (Å²) in [6, 6.07) is 13.0. The van der Waals surface area contributed by atoms with Crippen LogP contribution in [0.3, 0.4) is 0 Å². The fraction of sp³-hybridized carbons (Fsp3) is 0.533. The van der Waals surface area contributed by atoms with E-state index < -0.39 is 17.8 Å². The van der Waals surface area contributed by atoms with Gasteiger partial charge in [-0.3, -0.25) is 29.7 Å². The molecule has 59 heavy (non-hydrogen) atoms. The quantitative estimate of drug-likeness (QED) is 0.189. The van der Waals surface area contributed by atoms with Gasteiger partial charge in [-0.25, -0.2) is 9.37 Å². The number of piperidine rings is 2. The van der Waals surface area contributed by atoms with Crippen LogP contribution in [0.25, 0.3) is 22.2 Å². The Labute approximate surface area is 343 Å². The molecular formula is C45H53FN8O5. The van der Waals surface area contributed by atoms with E-state index in [1.165, 1.54) is 17.7 Å². The van der Waals surface area contributed by atoms with Crippen molar-refractivity contribution >= 4 is 40.1 Å². The Morgan fingerprint density at radius 3 is 2.41 bits per heavy atom. The Hall–Kier alpha value is -5.08. The molecule has 4 aliphatic heterocycles. The lowest BCUT2D eigenvalue weighted by atomic mass is 9.86. The number of rotatable bonds is 10. The molecule has 0 radical (unpaired) electrons. The number of H-pyrrole nitrogens is 1. The lowest BCUT2D eigenvalue weighted by molar-refractivity contribution is -0.136. The molecule has 0 spiro atoms. The van der Waals surface area contributed by atoms with Crippen LogP contribution < -0.4 is 19.9 Å². The lowest BCUT2D eigenvalue weighted by Gasteiger charge is -2.39. The highest BCUT2D eigenvalue weighted by Crippen LogP contribution is 2.41. The van der Waals surface area contributed by atoms with E-state index in [2.05, 4.69) is 55.3 Å². The molecule has 2 aromatic carbocycles. The maximum Gasteiger partial charge on any atom is 0.255 e. The van der Waals surface area contributed by atoms with Crippen molar-refractivity contribution < 1.29 is 28.2 Å². The number of piperazine rings is 1. The standard InChI is InChI=1S/C45H53FN8O5/c1-45(15-16-45)59-32-6-8-36-34(25-32)42(50-49-36)29-12-17-47-39(24-29)53-22-20-51(21-23-53)26-28-2-4-30(5-3-28)58-31-13-18-52(19-14-31)37-9-7-33-35(41(37)46)27-54(44(33)57)38-10-11-40(55)48-43(38)56/h6-9,12,17,24-25,28,30-31,38H,2-5,10-11,13-16,18-23,26-27H2,1H3,(H,49,50)(H,48,55,56)/t28-,30-,38?. The number of benzene rings is 2. The molecule has 13 nitrogen and oxygen atoms in total. The van der Waals surface area contributed by atoms with Gasteiger partial charge >= 0.3 is 0 Å². The van der Waals surface area contributed by atoms with Crippen molar-refractivity contribution in [3.8, 4) is 17.0 Å². The molecular weight excluding hydrogens is 752 g/mol. The van der Waals surface area contributed by atoms with E-state index in [0.29, 0.717) is 35.8 Å². The van der Waals surface area contributed by atoms with Crippen LogP contribution in [-0.2, 0) is 20.9 Å². The number of nitrogens with one attached hydrogen (secondary N) is 2. The predicted molar refractivity (Wildman–Crippen MR) is 221 cm³/mol. The summed E-state index contributed by atoms with van der Waals surface area (Å²) >= 11 is 0. The number of aromatic amines is 1. The number of halogens is 1. The summed E-state index contributed by atoms with van der Waals surface area (Å²) < 4.78 is 28.8. The smallest absolute Gasteiger partial charge is 0.255 e. The Morgan fingerprint density at radius 1 is 0.864 bits per heavy atom. The fourth-order valence-corrected chi connectivity index (χ4v) is 9.89. The predicted octanol–water partition coefficient (Wildman–Crippen LogP) is 5.82. The minimum atomic E-state index is -0.761. The third-order valence-corrected chi connectivity index (χ3v) is 13.7. The van der Waals surface area contributed by atoms with Gasteiger partial charge in [0.05, 0.1) is 30.0 Å². The molecule has 6 heterocycles. The summed E-state index contributed by atoms with van der Waals surface area (Å²) in [5, 5.41) is 11.2. The molecule has 2 N–H and O–H groups in total. The molecule has 4 aromatic rings. The zero-order chi connectivity index (χ0) is 40.3. The van der Waals surface area contributed by atoms with E-state index >= 15 is 4.39 Å². The van der Waals surface area contributed by atoms with Gasteiger partial charge in [-0.2, -0.15) is 5.10 Å². The molecule has 2 aliphatic carbocycles. The molecule has 1 unspecified atom stereocenters. The summed E-state index contributed by atoms with van der Waals surface area (Å²) in [6.07, 6.45) is 11.1. The van der Waals surface area contributed by atoms with Crippen molar-refractivity contribution in [2.24, 2.45) is 5.92 Å². The van der Waals surface area contributed by atoms with Gasteiger partial charge in [-0.15, -0.1) is 0 Å². The first-order valence-electron chi connectivity index (χ1n) is 21.6. The van der Waals surface area contributed by atoms with E-state index in [9.17, 15) is 14.4 Å². The first kappa shape index (κ1) is 38.1. The van der Waals surface area contributed by atoms with Crippen LogP contribution in [0.1, 0.15) is 87.1 Å². The number of hydrogen-bond donors (Lipinski definition) is 2. The minimum Gasteiger partial charge on any atom is -0.488 e. The number of carbonyl (C=O) groups excluding carboxylic acids is 3. The number of ether oxygens (including phenoxy) is 2. The van der Waals surface area contributed by atoms with Crippen LogP contribution in [0.4, 0.5) is 15.9 Å². The Bertz CT molecular complexity index is 2250. The molecule has 6 aliphatic rings. The average Bonchev–Trinajstić information content (AvgIpc) is 3.66. The van der Waals surface area contributed by atoms with Crippen LogP contribution in [0.5, 0.6) is 5.75 Å². The maximum atomic E-state index is 15.9. The highest BCUT2D eigenvalue weighted by Gasteiger charge is 2.42. The normalized spacial score (nSPS) is 25.1. The van der Waals surface area contributed by atoms with Crippen LogP contribution in [0.15, 0.2) is 48.7 Å². The van der Waals surface area contributed by atoms with Gasteiger partial charge < -0.3 is 24.2 Å². The second kappa shape index (κ2) is 15.5. The van der Waals surface area contributed by atoms with Crippen LogP contribution in [0.2, 0.25) is 0 Å². The van der Waals surface area contributed by atoms with Crippen LogP contribution in [0, 0.1) is 11.7 Å². The lowest BCUT2D eigenvalue weighted by Crippen LogP contribution is -2.52. The van der Waals surface area contributed by atoms with E-state index in [4.69, 9.17) is 14.5 Å². The van der Waals surface area contributed by atoms with Crippen molar-refractivity contribution in [1.29, 1.82) is 0 Å². The van der Waals surface area contributed by atoms with Gasteiger partial charge in [-0.05, 0) is 113 Å². The van der Waals surface area contributed by atoms with E-state index in [0.717, 1.165) is 105 Å². The van der Waals surface area contributed by atoms with Gasteiger partial charge in [-0.1, -0.05) is 0 Å². The SMILES string of the molecule is CC1(Oc2ccc3[nH]nc(-c4ccnc(N5CCN(C[C@H]6CC[C@H](OC7CCN(c8ccc9c(c8F)CN(C8CCC(=O)NC8=O)C9=O)CC7)CC6)CC5)c4)c3c2)CC1. The molecule has 310 valence electrons. The van der Waals surface area contributed by atoms with Gasteiger partial charge in [0.25, 0.3) is 5.91 Å². The topological polar surface area (TPSA) is 136 Å². The van der Waals surface area contributed by atoms with Crippen molar-refractivity contribution in [2.75, 3.05) is 55.6 Å². The Kier molecular flexibility index (Phi) is 10.0. The largest absolute Gasteiger partial charge is 0.488 e. The molecule has 2 aromatic heterocycles. The monoisotopic (exact) mass is 804 g/mol. The number of nitrogens with zero attached hydrogens (tertiary/aromatic N) is 6. The zero-order valence-electron chi connectivity index (χ0n) is 33.8. The fourth-order valence-electron chi connectivity index (χ4n) is 9.89. The third kappa shape index (κ3) is 7.77. The Balaban J connectivity index is 0.667. The second-order valence-corrected chi connectivity index (χ2v) is 17.8. The van der Waals surface area contributed by atoms with Gasteiger partial charge in [0.2, 0.25) is 11.8 Å². The number of carbonyl (C=O) groups is 3. The molecule has 3 saturated heterocycles. The highest BCUT2D eigenvalue weighted by atomic mass is 19.1. The van der Waals surface area contributed by atoms with E-state index in [-0.39, 0.29) is 49.0 Å². The summed E-state index contributed by atoms with van der Waals surface area (Å²) in [4.78, 5) is 50.4. The van der Waals surface area contributed by atoms with Gasteiger partial charge in [0.15, 0.2) is 5.82 Å². The summed E-state index contributed by atoms with van der Waals surface area (Å²) in [6.45, 7) is 8.61. The third-order valence-electron chi connectivity index (χ3n) is 13.7.